The number of nitrogens with zero attached hydrogens (tertiary/aromatic N) is 2. The van der Waals surface area contributed by atoms with Crippen LogP contribution in [0, 0.1) is 0 Å². The molecule has 0 bridgehead atoms. The summed E-state index contributed by atoms with van der Waals surface area (Å²) in [6.07, 6.45) is 1.77. The van der Waals surface area contributed by atoms with E-state index in [1.165, 1.54) is 0 Å². The topological polar surface area (TPSA) is 53.1 Å². The van der Waals surface area contributed by atoms with E-state index in [4.69, 9.17) is 10.5 Å². The van der Waals surface area contributed by atoms with Gasteiger partial charge in [0.1, 0.15) is 5.60 Å². The third kappa shape index (κ3) is 0.992. The Morgan fingerprint density at radius 3 is 3.17 bits per heavy atom. The standard InChI is InChI=1S/C8H13N3O/c1-8(2)5-11-7(12-8)6(3-9)4-10-11/h4H,3,5,9H2,1-2H3. The molecule has 4 heteroatoms. The average Bonchev–Trinajstić information content (AvgIpc) is 2.42. The Balaban J connectivity index is 2.37. The summed E-state index contributed by atoms with van der Waals surface area (Å²) in [4.78, 5) is 0. The maximum Gasteiger partial charge on any atom is 0.217 e. The largest absolute Gasteiger partial charge is 0.470 e. The number of hydrogen-bond acceptors (Lipinski definition) is 3. The first-order valence-corrected chi connectivity index (χ1v) is 4.06. The van der Waals surface area contributed by atoms with Gasteiger partial charge in [0.15, 0.2) is 0 Å². The van der Waals surface area contributed by atoms with Gasteiger partial charge in [-0.2, -0.15) is 5.10 Å². The lowest BCUT2D eigenvalue weighted by Gasteiger charge is -2.15. The second-order valence-corrected chi connectivity index (χ2v) is 3.70. The quantitative estimate of drug-likeness (QED) is 0.663. The molecule has 2 N–H and O–H groups in total. The molecule has 0 aromatic carbocycles. The van der Waals surface area contributed by atoms with Crippen LogP contribution in [-0.4, -0.2) is 15.4 Å². The normalized spacial score (nSPS) is 18.9. The van der Waals surface area contributed by atoms with Crippen molar-refractivity contribution in [2.24, 2.45) is 5.73 Å². The third-order valence-corrected chi connectivity index (χ3v) is 1.99. The van der Waals surface area contributed by atoms with Crippen LogP contribution in [-0.2, 0) is 13.1 Å². The van der Waals surface area contributed by atoms with E-state index >= 15 is 0 Å². The van der Waals surface area contributed by atoms with E-state index in [-0.39, 0.29) is 5.60 Å². The molecule has 0 fully saturated rings. The van der Waals surface area contributed by atoms with Gasteiger partial charge >= 0.3 is 0 Å². The molecular weight excluding hydrogens is 154 g/mol. The smallest absolute Gasteiger partial charge is 0.217 e. The van der Waals surface area contributed by atoms with Crippen molar-refractivity contribution in [1.82, 2.24) is 9.78 Å². The van der Waals surface area contributed by atoms with Gasteiger partial charge in [-0.3, -0.25) is 0 Å². The van der Waals surface area contributed by atoms with Gasteiger partial charge < -0.3 is 10.5 Å². The van der Waals surface area contributed by atoms with Crippen molar-refractivity contribution in [1.29, 1.82) is 0 Å². The van der Waals surface area contributed by atoms with Gasteiger partial charge in [-0.15, -0.1) is 0 Å². The van der Waals surface area contributed by atoms with Gasteiger partial charge in [0, 0.05) is 12.1 Å². The minimum Gasteiger partial charge on any atom is -0.470 e. The van der Waals surface area contributed by atoms with Crippen molar-refractivity contribution in [3.05, 3.63) is 11.8 Å². The Morgan fingerprint density at radius 1 is 1.75 bits per heavy atom. The van der Waals surface area contributed by atoms with Crippen molar-refractivity contribution in [2.75, 3.05) is 0 Å². The summed E-state index contributed by atoms with van der Waals surface area (Å²) in [5, 5.41) is 4.17. The summed E-state index contributed by atoms with van der Waals surface area (Å²) < 4.78 is 7.54. The predicted molar refractivity (Wildman–Crippen MR) is 44.8 cm³/mol. The van der Waals surface area contributed by atoms with E-state index in [0.29, 0.717) is 6.54 Å². The molecule has 0 aliphatic carbocycles. The average molecular weight is 167 g/mol. The fourth-order valence-electron chi connectivity index (χ4n) is 1.44. The maximum absolute atomic E-state index is 5.68. The van der Waals surface area contributed by atoms with Gasteiger partial charge in [0.25, 0.3) is 0 Å². The van der Waals surface area contributed by atoms with Crippen molar-refractivity contribution >= 4 is 0 Å². The summed E-state index contributed by atoms with van der Waals surface area (Å²) in [7, 11) is 0. The number of hydrogen-bond donors (Lipinski definition) is 1. The summed E-state index contributed by atoms with van der Waals surface area (Å²) >= 11 is 0. The molecule has 66 valence electrons. The van der Waals surface area contributed by atoms with Gasteiger partial charge in [-0.1, -0.05) is 0 Å². The van der Waals surface area contributed by atoms with Crippen molar-refractivity contribution in [2.45, 2.75) is 32.5 Å². The summed E-state index contributed by atoms with van der Waals surface area (Å²) in [5.74, 6) is 0.836. The molecule has 1 aliphatic heterocycles. The highest BCUT2D eigenvalue weighted by Crippen LogP contribution is 2.30. The monoisotopic (exact) mass is 167 g/mol. The number of nitrogens with two attached hydrogens (primary N) is 1. The minimum absolute atomic E-state index is 0.131. The Hall–Kier alpha value is -1.03. The fraction of sp³-hybridized carbons (Fsp3) is 0.625. The second kappa shape index (κ2) is 2.23. The Kier molecular flexibility index (Phi) is 1.41. The van der Waals surface area contributed by atoms with Crippen LogP contribution in [0.3, 0.4) is 0 Å². The summed E-state index contributed by atoms with van der Waals surface area (Å²) in [6, 6.07) is 0. The van der Waals surface area contributed by atoms with E-state index in [9.17, 15) is 0 Å². The van der Waals surface area contributed by atoms with Crippen molar-refractivity contribution < 1.29 is 4.74 Å². The number of rotatable bonds is 1. The Bertz CT molecular complexity index is 303. The molecule has 1 aliphatic rings. The highest BCUT2D eigenvalue weighted by molar-refractivity contribution is 5.27. The van der Waals surface area contributed by atoms with E-state index in [0.717, 1.165) is 18.0 Å². The van der Waals surface area contributed by atoms with E-state index in [2.05, 4.69) is 5.10 Å². The lowest BCUT2D eigenvalue weighted by Crippen LogP contribution is -2.26. The zero-order valence-electron chi connectivity index (χ0n) is 7.37. The zero-order valence-corrected chi connectivity index (χ0v) is 7.37. The van der Waals surface area contributed by atoms with Crippen molar-refractivity contribution in [3.8, 4) is 5.88 Å². The lowest BCUT2D eigenvalue weighted by molar-refractivity contribution is 0.134. The third-order valence-electron chi connectivity index (χ3n) is 1.99. The number of fused-ring (bicyclic) bond motifs is 1. The van der Waals surface area contributed by atoms with Crippen LogP contribution in [0.1, 0.15) is 19.4 Å². The van der Waals surface area contributed by atoms with E-state index < -0.39 is 0 Å². The molecule has 0 amide bonds. The second-order valence-electron chi connectivity index (χ2n) is 3.70. The highest BCUT2D eigenvalue weighted by Gasteiger charge is 2.32. The van der Waals surface area contributed by atoms with Crippen LogP contribution in [0.5, 0.6) is 5.88 Å². The molecule has 2 rings (SSSR count). The van der Waals surface area contributed by atoms with Crippen LogP contribution >= 0.6 is 0 Å². The molecule has 1 aromatic rings. The first kappa shape index (κ1) is 7.61. The predicted octanol–water partition coefficient (Wildman–Crippen LogP) is 0.513. The van der Waals surface area contributed by atoms with Crippen molar-refractivity contribution in [3.63, 3.8) is 0 Å². The van der Waals surface area contributed by atoms with Crippen LogP contribution < -0.4 is 10.5 Å². The van der Waals surface area contributed by atoms with Gasteiger partial charge in [0.2, 0.25) is 5.88 Å². The zero-order chi connectivity index (χ0) is 8.77. The first-order chi connectivity index (χ1) is 5.62. The molecule has 12 heavy (non-hydrogen) atoms. The van der Waals surface area contributed by atoms with Gasteiger partial charge in [-0.25, -0.2) is 4.68 Å². The maximum atomic E-state index is 5.68. The van der Waals surface area contributed by atoms with Crippen LogP contribution in [0.15, 0.2) is 6.20 Å². The highest BCUT2D eigenvalue weighted by atomic mass is 16.5. The van der Waals surface area contributed by atoms with Gasteiger partial charge in [0.05, 0.1) is 12.7 Å². The molecule has 0 unspecified atom stereocenters. The molecular formula is C8H13N3O. The molecule has 0 saturated carbocycles. The minimum atomic E-state index is -0.131. The summed E-state index contributed by atoms with van der Waals surface area (Å²) in [6.45, 7) is 5.39. The number of aromatic nitrogens is 2. The SMILES string of the molecule is CC1(C)Cn2ncc(CN)c2O1. The van der Waals surface area contributed by atoms with E-state index in [1.54, 1.807) is 6.20 Å². The number of ether oxygens (including phenoxy) is 1. The summed E-state index contributed by atoms with van der Waals surface area (Å²) in [5.41, 5.74) is 6.38. The molecule has 0 spiro atoms. The lowest BCUT2D eigenvalue weighted by atomic mass is 10.1. The molecule has 2 heterocycles. The Labute approximate surface area is 71.3 Å². The Morgan fingerprint density at radius 2 is 2.50 bits per heavy atom. The molecule has 0 saturated heterocycles. The van der Waals surface area contributed by atoms with Crippen LogP contribution in [0.2, 0.25) is 0 Å². The molecule has 1 aromatic heterocycles. The van der Waals surface area contributed by atoms with Crippen LogP contribution in [0.4, 0.5) is 0 Å². The van der Waals surface area contributed by atoms with Gasteiger partial charge in [-0.05, 0) is 13.8 Å². The molecule has 0 radical (unpaired) electrons. The first-order valence-electron chi connectivity index (χ1n) is 4.06. The molecule has 0 atom stereocenters. The van der Waals surface area contributed by atoms with E-state index in [1.807, 2.05) is 18.5 Å². The molecule has 4 nitrogen and oxygen atoms in total. The van der Waals surface area contributed by atoms with Crippen LogP contribution in [0.25, 0.3) is 0 Å². The fourth-order valence-corrected chi connectivity index (χ4v) is 1.44.